The molecule has 0 unspecified atom stereocenters. The van der Waals surface area contributed by atoms with Crippen molar-refractivity contribution in [2.75, 3.05) is 11.8 Å². The van der Waals surface area contributed by atoms with E-state index < -0.39 is 5.63 Å². The standard InChI is InChI=1S/C21H18N4O4S/c1-22-30-25-14-5-2-4-13(10-14)11-17-19(26)16-7-6-15(12-18(16)29-20(17)27)28-21-23-8-3-9-24-21/h2-10,12,22,25-26H,11H2,1H3. The van der Waals surface area contributed by atoms with Crippen molar-refractivity contribution >= 4 is 28.8 Å². The van der Waals surface area contributed by atoms with Gasteiger partial charge in [0.05, 0.1) is 10.9 Å². The van der Waals surface area contributed by atoms with Crippen molar-refractivity contribution in [2.45, 2.75) is 6.42 Å². The first kappa shape index (κ1) is 19.7. The van der Waals surface area contributed by atoms with Gasteiger partial charge in [-0.3, -0.25) is 0 Å². The number of nitrogens with zero attached hydrogens (tertiary/aromatic N) is 2. The summed E-state index contributed by atoms with van der Waals surface area (Å²) < 4.78 is 17.1. The largest absolute Gasteiger partial charge is 0.507 e. The monoisotopic (exact) mass is 422 g/mol. The van der Waals surface area contributed by atoms with Crippen molar-refractivity contribution in [3.63, 3.8) is 0 Å². The number of nitrogens with one attached hydrogen (secondary N) is 2. The van der Waals surface area contributed by atoms with Gasteiger partial charge < -0.3 is 19.0 Å². The summed E-state index contributed by atoms with van der Waals surface area (Å²) in [6, 6.07) is 14.2. The number of hydrogen-bond donors (Lipinski definition) is 3. The van der Waals surface area contributed by atoms with Gasteiger partial charge in [0.25, 0.3) is 0 Å². The Morgan fingerprint density at radius 3 is 2.77 bits per heavy atom. The SMILES string of the molecule is CNSNc1cccc(Cc2c(O)c3ccc(Oc4ncccn4)cc3oc2=O)c1. The van der Waals surface area contributed by atoms with E-state index in [0.717, 1.165) is 11.3 Å². The summed E-state index contributed by atoms with van der Waals surface area (Å²) in [5, 5.41) is 11.1. The highest BCUT2D eigenvalue weighted by Gasteiger charge is 2.16. The van der Waals surface area contributed by atoms with Gasteiger partial charge in [-0.2, -0.15) is 0 Å². The predicted octanol–water partition coefficient (Wildman–Crippen LogP) is 3.87. The number of fused-ring (bicyclic) bond motifs is 1. The van der Waals surface area contributed by atoms with E-state index in [2.05, 4.69) is 19.4 Å². The van der Waals surface area contributed by atoms with Crippen LogP contribution in [0.2, 0.25) is 0 Å². The molecule has 0 amide bonds. The molecule has 0 radical (unpaired) electrons. The van der Waals surface area contributed by atoms with Gasteiger partial charge in [0.15, 0.2) is 0 Å². The molecule has 0 aliphatic heterocycles. The van der Waals surface area contributed by atoms with Crippen LogP contribution in [0.25, 0.3) is 11.0 Å². The molecule has 4 rings (SSSR count). The molecule has 3 N–H and O–H groups in total. The molecule has 0 aliphatic carbocycles. The molecule has 0 bridgehead atoms. The first-order chi connectivity index (χ1) is 14.6. The Hall–Kier alpha value is -3.56. The molecule has 0 saturated carbocycles. The molecule has 152 valence electrons. The third-order valence-corrected chi connectivity index (χ3v) is 4.82. The average molecular weight is 422 g/mol. The molecule has 30 heavy (non-hydrogen) atoms. The van der Waals surface area contributed by atoms with Crippen molar-refractivity contribution in [1.82, 2.24) is 14.7 Å². The third-order valence-electron chi connectivity index (χ3n) is 4.27. The maximum absolute atomic E-state index is 12.6. The molecule has 8 nitrogen and oxygen atoms in total. The Bertz CT molecular complexity index is 1230. The fourth-order valence-electron chi connectivity index (χ4n) is 2.93. The van der Waals surface area contributed by atoms with Gasteiger partial charge in [-0.25, -0.2) is 19.5 Å². The van der Waals surface area contributed by atoms with E-state index in [1.807, 2.05) is 31.3 Å². The van der Waals surface area contributed by atoms with Crippen molar-refractivity contribution < 1.29 is 14.3 Å². The first-order valence-corrected chi connectivity index (χ1v) is 9.87. The smallest absolute Gasteiger partial charge is 0.343 e. The molecule has 0 saturated heterocycles. The minimum Gasteiger partial charge on any atom is -0.507 e. The number of anilines is 1. The highest BCUT2D eigenvalue weighted by molar-refractivity contribution is 7.98. The minimum absolute atomic E-state index is 0.105. The lowest BCUT2D eigenvalue weighted by Crippen LogP contribution is -2.09. The zero-order chi connectivity index (χ0) is 20.9. The van der Waals surface area contributed by atoms with Crippen molar-refractivity contribution in [1.29, 1.82) is 0 Å². The van der Waals surface area contributed by atoms with Crippen LogP contribution in [0.15, 0.2) is 70.1 Å². The molecule has 9 heteroatoms. The van der Waals surface area contributed by atoms with Gasteiger partial charge in [-0.15, -0.1) is 0 Å². The van der Waals surface area contributed by atoms with E-state index in [1.54, 1.807) is 30.6 Å². The highest BCUT2D eigenvalue weighted by Crippen LogP contribution is 2.31. The summed E-state index contributed by atoms with van der Waals surface area (Å²) in [5.41, 5.74) is 1.55. The van der Waals surface area contributed by atoms with Crippen LogP contribution < -0.4 is 19.8 Å². The highest BCUT2D eigenvalue weighted by atomic mass is 32.2. The van der Waals surface area contributed by atoms with E-state index in [9.17, 15) is 9.90 Å². The maximum atomic E-state index is 12.6. The number of ether oxygens (including phenoxy) is 1. The number of rotatable bonds is 7. The minimum atomic E-state index is -0.601. The van der Waals surface area contributed by atoms with Crippen molar-refractivity contribution in [3.05, 3.63) is 82.5 Å². The van der Waals surface area contributed by atoms with Gasteiger partial charge in [0.2, 0.25) is 0 Å². The fraction of sp³-hybridized carbons (Fsp3) is 0.0952. The van der Waals surface area contributed by atoms with E-state index in [-0.39, 0.29) is 29.3 Å². The predicted molar refractivity (Wildman–Crippen MR) is 116 cm³/mol. The van der Waals surface area contributed by atoms with E-state index >= 15 is 0 Å². The average Bonchev–Trinajstić information content (AvgIpc) is 2.76. The van der Waals surface area contributed by atoms with Gasteiger partial charge in [-0.05, 0) is 42.9 Å². The Kier molecular flexibility index (Phi) is 5.82. The van der Waals surface area contributed by atoms with E-state index in [0.29, 0.717) is 11.1 Å². The molecule has 0 aliphatic rings. The quantitative estimate of drug-likeness (QED) is 0.302. The van der Waals surface area contributed by atoms with Crippen LogP contribution in [-0.4, -0.2) is 22.1 Å². The third kappa shape index (κ3) is 4.37. The van der Waals surface area contributed by atoms with Crippen LogP contribution in [0.5, 0.6) is 17.5 Å². The van der Waals surface area contributed by atoms with Gasteiger partial charge >= 0.3 is 11.6 Å². The Morgan fingerprint density at radius 1 is 1.13 bits per heavy atom. The normalized spacial score (nSPS) is 10.8. The molecular weight excluding hydrogens is 404 g/mol. The van der Waals surface area contributed by atoms with Gasteiger partial charge in [-0.1, -0.05) is 12.1 Å². The lowest BCUT2D eigenvalue weighted by atomic mass is 10.0. The van der Waals surface area contributed by atoms with Gasteiger partial charge in [0, 0.05) is 42.7 Å². The molecular formula is C21H18N4O4S. The summed E-state index contributed by atoms with van der Waals surface area (Å²) in [6.07, 6.45) is 3.35. The molecule has 0 spiro atoms. The van der Waals surface area contributed by atoms with Gasteiger partial charge in [0.1, 0.15) is 17.1 Å². The summed E-state index contributed by atoms with van der Waals surface area (Å²) in [4.78, 5) is 20.5. The number of hydrogen-bond acceptors (Lipinski definition) is 9. The molecule has 0 atom stereocenters. The molecule has 4 aromatic rings. The summed E-state index contributed by atoms with van der Waals surface area (Å²) in [7, 11) is 1.81. The topological polar surface area (TPSA) is 110 Å². The lowest BCUT2D eigenvalue weighted by Gasteiger charge is -2.10. The molecule has 0 fully saturated rings. The second-order valence-electron chi connectivity index (χ2n) is 6.29. The van der Waals surface area contributed by atoms with Crippen LogP contribution >= 0.6 is 12.1 Å². The fourth-order valence-corrected chi connectivity index (χ4v) is 3.27. The van der Waals surface area contributed by atoms with E-state index in [1.165, 1.54) is 18.2 Å². The van der Waals surface area contributed by atoms with Crippen LogP contribution in [0.3, 0.4) is 0 Å². The Labute approximate surface area is 176 Å². The van der Waals surface area contributed by atoms with Crippen LogP contribution in [0.4, 0.5) is 5.69 Å². The van der Waals surface area contributed by atoms with Crippen LogP contribution in [0.1, 0.15) is 11.1 Å². The molecule has 2 aromatic carbocycles. The zero-order valence-corrected chi connectivity index (χ0v) is 16.8. The maximum Gasteiger partial charge on any atom is 0.343 e. The summed E-state index contributed by atoms with van der Waals surface area (Å²) in [5.74, 6) is 0.288. The van der Waals surface area contributed by atoms with E-state index in [4.69, 9.17) is 9.15 Å². The first-order valence-electron chi connectivity index (χ1n) is 9.05. The Balaban J connectivity index is 1.64. The van der Waals surface area contributed by atoms with Crippen molar-refractivity contribution in [3.8, 4) is 17.5 Å². The van der Waals surface area contributed by atoms with Crippen molar-refractivity contribution in [2.24, 2.45) is 0 Å². The molecule has 2 aromatic heterocycles. The number of aromatic nitrogens is 2. The number of aromatic hydroxyl groups is 1. The second-order valence-corrected chi connectivity index (χ2v) is 7.11. The Morgan fingerprint density at radius 2 is 1.97 bits per heavy atom. The van der Waals surface area contributed by atoms with Crippen LogP contribution in [-0.2, 0) is 6.42 Å². The summed E-state index contributed by atoms with van der Waals surface area (Å²) >= 11 is 1.34. The second kappa shape index (κ2) is 8.85. The van der Waals surface area contributed by atoms with Crippen LogP contribution in [0, 0.1) is 0 Å². The lowest BCUT2D eigenvalue weighted by molar-refractivity contribution is 0.438. The summed E-state index contributed by atoms with van der Waals surface area (Å²) in [6.45, 7) is 0. The number of benzene rings is 2. The zero-order valence-electron chi connectivity index (χ0n) is 16.0. The molecule has 2 heterocycles.